The summed E-state index contributed by atoms with van der Waals surface area (Å²) in [7, 11) is 3.84. The van der Waals surface area contributed by atoms with Crippen LogP contribution in [0.25, 0.3) is 0 Å². The zero-order valence-electron chi connectivity index (χ0n) is 12.3. The number of hydrogen-bond acceptors (Lipinski definition) is 3. The first-order valence-electron chi connectivity index (χ1n) is 6.70. The quantitative estimate of drug-likeness (QED) is 0.753. The van der Waals surface area contributed by atoms with Crippen molar-refractivity contribution < 1.29 is 4.74 Å². The predicted molar refractivity (Wildman–Crippen MR) is 78.9 cm³/mol. The SMILES string of the molecule is CCNCCN(C)c1cc(C(C)C)ccc1OC. The molecule has 3 nitrogen and oxygen atoms in total. The molecule has 18 heavy (non-hydrogen) atoms. The Hall–Kier alpha value is -1.22. The van der Waals surface area contributed by atoms with Crippen LogP contribution in [0.1, 0.15) is 32.3 Å². The van der Waals surface area contributed by atoms with Gasteiger partial charge >= 0.3 is 0 Å². The van der Waals surface area contributed by atoms with Gasteiger partial charge in [0.05, 0.1) is 12.8 Å². The second-order valence-electron chi connectivity index (χ2n) is 4.86. The van der Waals surface area contributed by atoms with Gasteiger partial charge in [0.15, 0.2) is 0 Å². The molecule has 0 unspecified atom stereocenters. The number of ether oxygens (including phenoxy) is 1. The van der Waals surface area contributed by atoms with Gasteiger partial charge in [-0.2, -0.15) is 0 Å². The molecule has 0 radical (unpaired) electrons. The topological polar surface area (TPSA) is 24.5 Å². The summed E-state index contributed by atoms with van der Waals surface area (Å²) in [6.45, 7) is 9.53. The molecular weight excluding hydrogens is 224 g/mol. The van der Waals surface area contributed by atoms with Crippen molar-refractivity contribution >= 4 is 5.69 Å². The first-order valence-corrected chi connectivity index (χ1v) is 6.70. The Kier molecular flexibility index (Phi) is 5.99. The molecule has 0 saturated heterocycles. The summed E-state index contributed by atoms with van der Waals surface area (Å²) in [5, 5.41) is 3.34. The number of methoxy groups -OCH3 is 1. The molecule has 102 valence electrons. The molecule has 0 amide bonds. The van der Waals surface area contributed by atoms with Crippen molar-refractivity contribution in [2.75, 3.05) is 38.7 Å². The van der Waals surface area contributed by atoms with Crippen molar-refractivity contribution in [3.05, 3.63) is 23.8 Å². The van der Waals surface area contributed by atoms with Gasteiger partial charge in [0.2, 0.25) is 0 Å². The highest BCUT2D eigenvalue weighted by atomic mass is 16.5. The second-order valence-corrected chi connectivity index (χ2v) is 4.86. The highest BCUT2D eigenvalue weighted by Gasteiger charge is 2.10. The number of anilines is 1. The molecule has 1 aromatic rings. The summed E-state index contributed by atoms with van der Waals surface area (Å²) >= 11 is 0. The molecular formula is C15H26N2O. The van der Waals surface area contributed by atoms with Crippen molar-refractivity contribution in [3.8, 4) is 5.75 Å². The van der Waals surface area contributed by atoms with E-state index in [1.165, 1.54) is 11.3 Å². The molecule has 0 aromatic heterocycles. The van der Waals surface area contributed by atoms with Crippen LogP contribution in [-0.2, 0) is 0 Å². The van der Waals surface area contributed by atoms with E-state index in [9.17, 15) is 0 Å². The Labute approximate surface area is 111 Å². The molecule has 0 spiro atoms. The van der Waals surface area contributed by atoms with E-state index in [1.54, 1.807) is 7.11 Å². The van der Waals surface area contributed by atoms with Gasteiger partial charge in [0.1, 0.15) is 5.75 Å². The number of likely N-dealkylation sites (N-methyl/N-ethyl adjacent to an activating group) is 2. The van der Waals surface area contributed by atoms with Crippen LogP contribution in [0, 0.1) is 0 Å². The lowest BCUT2D eigenvalue weighted by atomic mass is 10.0. The molecule has 0 aliphatic heterocycles. The third-order valence-corrected chi connectivity index (χ3v) is 3.15. The molecule has 0 aliphatic carbocycles. The van der Waals surface area contributed by atoms with E-state index in [0.717, 1.165) is 25.4 Å². The third kappa shape index (κ3) is 3.91. The number of nitrogens with one attached hydrogen (secondary N) is 1. The molecule has 3 heteroatoms. The lowest BCUT2D eigenvalue weighted by molar-refractivity contribution is 0.414. The lowest BCUT2D eigenvalue weighted by Gasteiger charge is -2.23. The normalized spacial score (nSPS) is 10.8. The van der Waals surface area contributed by atoms with E-state index in [0.29, 0.717) is 5.92 Å². The Balaban J connectivity index is 2.85. The number of nitrogens with zero attached hydrogens (tertiary/aromatic N) is 1. The van der Waals surface area contributed by atoms with Gasteiger partial charge in [-0.05, 0) is 30.2 Å². The first-order chi connectivity index (χ1) is 8.60. The van der Waals surface area contributed by atoms with Crippen molar-refractivity contribution in [2.45, 2.75) is 26.7 Å². The number of hydrogen-bond donors (Lipinski definition) is 1. The summed E-state index contributed by atoms with van der Waals surface area (Å²) in [5.41, 5.74) is 2.52. The standard InChI is InChI=1S/C15H26N2O/c1-6-16-9-10-17(4)14-11-13(12(2)3)7-8-15(14)18-5/h7-8,11-12,16H,6,9-10H2,1-5H3. The molecule has 0 saturated carbocycles. The van der Waals surface area contributed by atoms with Crippen LogP contribution >= 0.6 is 0 Å². The van der Waals surface area contributed by atoms with Gasteiger partial charge in [-0.1, -0.05) is 26.8 Å². The van der Waals surface area contributed by atoms with Crippen molar-refractivity contribution in [2.24, 2.45) is 0 Å². The Morgan fingerprint density at radius 2 is 2.06 bits per heavy atom. The Morgan fingerprint density at radius 3 is 2.61 bits per heavy atom. The van der Waals surface area contributed by atoms with Gasteiger partial charge in [-0.15, -0.1) is 0 Å². The van der Waals surface area contributed by atoms with Crippen molar-refractivity contribution in [1.29, 1.82) is 0 Å². The van der Waals surface area contributed by atoms with Crippen LogP contribution in [0.15, 0.2) is 18.2 Å². The predicted octanol–water partition coefficient (Wildman–Crippen LogP) is 2.86. The molecule has 1 rings (SSSR count). The van der Waals surface area contributed by atoms with Crippen LogP contribution < -0.4 is 15.0 Å². The van der Waals surface area contributed by atoms with Gasteiger partial charge in [0.25, 0.3) is 0 Å². The minimum Gasteiger partial charge on any atom is -0.495 e. The molecule has 0 heterocycles. The van der Waals surface area contributed by atoms with Crippen LogP contribution in [0.5, 0.6) is 5.75 Å². The summed E-state index contributed by atoms with van der Waals surface area (Å²) in [5.74, 6) is 1.48. The highest BCUT2D eigenvalue weighted by molar-refractivity contribution is 5.60. The fourth-order valence-corrected chi connectivity index (χ4v) is 1.91. The zero-order valence-corrected chi connectivity index (χ0v) is 12.3. The average molecular weight is 250 g/mol. The molecule has 0 bridgehead atoms. The number of rotatable bonds is 7. The Morgan fingerprint density at radius 1 is 1.33 bits per heavy atom. The maximum Gasteiger partial charge on any atom is 0.142 e. The minimum absolute atomic E-state index is 0.539. The van der Waals surface area contributed by atoms with Gasteiger partial charge in [-0.3, -0.25) is 0 Å². The molecule has 0 fully saturated rings. The second kappa shape index (κ2) is 7.27. The van der Waals surface area contributed by atoms with E-state index in [4.69, 9.17) is 4.74 Å². The lowest BCUT2D eigenvalue weighted by Crippen LogP contribution is -2.29. The largest absolute Gasteiger partial charge is 0.495 e. The molecule has 1 aromatic carbocycles. The molecule has 0 aliphatic rings. The maximum atomic E-state index is 5.45. The van der Waals surface area contributed by atoms with Crippen molar-refractivity contribution in [1.82, 2.24) is 5.32 Å². The van der Waals surface area contributed by atoms with E-state index < -0.39 is 0 Å². The molecule has 0 atom stereocenters. The minimum atomic E-state index is 0.539. The van der Waals surface area contributed by atoms with Gasteiger partial charge < -0.3 is 15.0 Å². The Bertz CT molecular complexity index is 364. The maximum absolute atomic E-state index is 5.45. The molecule has 1 N–H and O–H groups in total. The van der Waals surface area contributed by atoms with Crippen LogP contribution in [-0.4, -0.2) is 33.8 Å². The van der Waals surface area contributed by atoms with E-state index in [1.807, 2.05) is 0 Å². The van der Waals surface area contributed by atoms with E-state index in [2.05, 4.69) is 56.2 Å². The zero-order chi connectivity index (χ0) is 13.5. The summed E-state index contributed by atoms with van der Waals surface area (Å²) in [6.07, 6.45) is 0. The fourth-order valence-electron chi connectivity index (χ4n) is 1.91. The van der Waals surface area contributed by atoms with E-state index in [-0.39, 0.29) is 0 Å². The summed E-state index contributed by atoms with van der Waals surface area (Å²) in [6, 6.07) is 6.44. The van der Waals surface area contributed by atoms with Crippen LogP contribution in [0.4, 0.5) is 5.69 Å². The number of benzene rings is 1. The summed E-state index contributed by atoms with van der Waals surface area (Å²) < 4.78 is 5.45. The summed E-state index contributed by atoms with van der Waals surface area (Å²) in [4.78, 5) is 2.24. The monoisotopic (exact) mass is 250 g/mol. The third-order valence-electron chi connectivity index (χ3n) is 3.15. The van der Waals surface area contributed by atoms with E-state index >= 15 is 0 Å². The first kappa shape index (κ1) is 14.8. The highest BCUT2D eigenvalue weighted by Crippen LogP contribution is 2.30. The average Bonchev–Trinajstić information content (AvgIpc) is 2.38. The van der Waals surface area contributed by atoms with Crippen molar-refractivity contribution in [3.63, 3.8) is 0 Å². The van der Waals surface area contributed by atoms with Gasteiger partial charge in [0, 0.05) is 20.1 Å². The van der Waals surface area contributed by atoms with Gasteiger partial charge in [-0.25, -0.2) is 0 Å². The van der Waals surface area contributed by atoms with Crippen LogP contribution in [0.3, 0.4) is 0 Å². The fraction of sp³-hybridized carbons (Fsp3) is 0.600. The van der Waals surface area contributed by atoms with Crippen LogP contribution in [0.2, 0.25) is 0 Å². The smallest absolute Gasteiger partial charge is 0.142 e.